The Morgan fingerprint density at radius 3 is 3.00 bits per heavy atom. The van der Waals surface area contributed by atoms with Crippen LogP contribution in [0.4, 0.5) is 0 Å². The average molecular weight is 322 g/mol. The molecule has 1 fully saturated rings. The standard InChI is InChI=1S/C14H14N2O3S2/c1-2-19-12(17)6-8-16-13(18)11(21-14(16)20)9-10-5-3-4-7-15-10/h3-5,7,9H,2,6,8H2,1H3/b11-9-. The summed E-state index contributed by atoms with van der Waals surface area (Å²) < 4.78 is 5.29. The Hall–Kier alpha value is -1.73. The highest BCUT2D eigenvalue weighted by molar-refractivity contribution is 8.26. The number of hydrogen-bond acceptors (Lipinski definition) is 6. The highest BCUT2D eigenvalue weighted by atomic mass is 32.2. The smallest absolute Gasteiger partial charge is 0.307 e. The molecule has 0 unspecified atom stereocenters. The fourth-order valence-corrected chi connectivity index (χ4v) is 3.02. The number of rotatable bonds is 5. The van der Waals surface area contributed by atoms with E-state index in [-0.39, 0.29) is 24.8 Å². The Morgan fingerprint density at radius 1 is 1.52 bits per heavy atom. The van der Waals surface area contributed by atoms with Crippen molar-refractivity contribution in [1.82, 2.24) is 9.88 Å². The van der Waals surface area contributed by atoms with Gasteiger partial charge in [0.2, 0.25) is 0 Å². The van der Waals surface area contributed by atoms with Crippen LogP contribution in [-0.2, 0) is 14.3 Å². The lowest BCUT2D eigenvalue weighted by atomic mass is 10.3. The summed E-state index contributed by atoms with van der Waals surface area (Å²) in [4.78, 5) is 29.7. The number of carbonyl (C=O) groups is 2. The van der Waals surface area contributed by atoms with Gasteiger partial charge < -0.3 is 4.74 Å². The molecule has 2 heterocycles. The van der Waals surface area contributed by atoms with Crippen LogP contribution in [0.1, 0.15) is 19.0 Å². The number of hydrogen-bond donors (Lipinski definition) is 0. The van der Waals surface area contributed by atoms with Crippen molar-refractivity contribution in [1.29, 1.82) is 0 Å². The molecule has 5 nitrogen and oxygen atoms in total. The fourth-order valence-electron chi connectivity index (χ4n) is 1.72. The van der Waals surface area contributed by atoms with Gasteiger partial charge in [-0.3, -0.25) is 19.5 Å². The van der Waals surface area contributed by atoms with Gasteiger partial charge in [0.1, 0.15) is 4.32 Å². The average Bonchev–Trinajstić information content (AvgIpc) is 2.73. The van der Waals surface area contributed by atoms with E-state index in [2.05, 4.69) is 4.98 Å². The summed E-state index contributed by atoms with van der Waals surface area (Å²) in [5.41, 5.74) is 0.698. The third kappa shape index (κ3) is 4.12. The van der Waals surface area contributed by atoms with E-state index in [0.717, 1.165) is 0 Å². The molecule has 1 aliphatic heterocycles. The first-order valence-electron chi connectivity index (χ1n) is 6.44. The van der Waals surface area contributed by atoms with Gasteiger partial charge in [-0.25, -0.2) is 0 Å². The minimum atomic E-state index is -0.333. The lowest BCUT2D eigenvalue weighted by molar-refractivity contribution is -0.143. The number of aromatic nitrogens is 1. The third-order valence-electron chi connectivity index (χ3n) is 2.69. The van der Waals surface area contributed by atoms with Crippen LogP contribution in [0.2, 0.25) is 0 Å². The monoisotopic (exact) mass is 322 g/mol. The molecule has 0 saturated carbocycles. The minimum absolute atomic E-state index is 0.136. The van der Waals surface area contributed by atoms with E-state index >= 15 is 0 Å². The van der Waals surface area contributed by atoms with Gasteiger partial charge in [-0.15, -0.1) is 0 Å². The van der Waals surface area contributed by atoms with Crippen molar-refractivity contribution in [2.24, 2.45) is 0 Å². The van der Waals surface area contributed by atoms with E-state index in [4.69, 9.17) is 17.0 Å². The van der Waals surface area contributed by atoms with Gasteiger partial charge in [0.25, 0.3) is 5.91 Å². The summed E-state index contributed by atoms with van der Waals surface area (Å²) in [5, 5.41) is 0. The Balaban J connectivity index is 2.03. The van der Waals surface area contributed by atoms with Gasteiger partial charge in [0, 0.05) is 12.7 Å². The summed E-state index contributed by atoms with van der Waals surface area (Å²) in [6, 6.07) is 5.47. The van der Waals surface area contributed by atoms with Crippen LogP contribution in [0.25, 0.3) is 6.08 Å². The van der Waals surface area contributed by atoms with Gasteiger partial charge in [0.05, 0.1) is 23.6 Å². The van der Waals surface area contributed by atoms with E-state index < -0.39 is 0 Å². The predicted octanol–water partition coefficient (Wildman–Crippen LogP) is 2.24. The van der Waals surface area contributed by atoms with Crippen molar-refractivity contribution in [3.05, 3.63) is 35.0 Å². The fraction of sp³-hybridized carbons (Fsp3) is 0.286. The van der Waals surface area contributed by atoms with Gasteiger partial charge in [-0.1, -0.05) is 30.0 Å². The van der Waals surface area contributed by atoms with E-state index in [1.165, 1.54) is 16.7 Å². The van der Waals surface area contributed by atoms with Crippen LogP contribution in [0, 0.1) is 0 Å². The molecule has 1 aliphatic rings. The molecule has 1 aromatic heterocycles. The minimum Gasteiger partial charge on any atom is -0.466 e. The number of nitrogens with zero attached hydrogens (tertiary/aromatic N) is 2. The zero-order valence-corrected chi connectivity index (χ0v) is 13.1. The molecule has 2 rings (SSSR count). The zero-order valence-electron chi connectivity index (χ0n) is 11.4. The summed E-state index contributed by atoms with van der Waals surface area (Å²) in [5.74, 6) is -0.528. The van der Waals surface area contributed by atoms with E-state index in [1.54, 1.807) is 19.2 Å². The molecule has 0 atom stereocenters. The molecule has 7 heteroatoms. The largest absolute Gasteiger partial charge is 0.466 e. The molecule has 0 bridgehead atoms. The van der Waals surface area contributed by atoms with Crippen LogP contribution in [0.5, 0.6) is 0 Å². The second kappa shape index (κ2) is 7.33. The quantitative estimate of drug-likeness (QED) is 0.471. The second-order valence-corrected chi connectivity index (χ2v) is 5.82. The molecule has 1 saturated heterocycles. The maximum Gasteiger partial charge on any atom is 0.307 e. The van der Waals surface area contributed by atoms with Gasteiger partial charge >= 0.3 is 5.97 Å². The lowest BCUT2D eigenvalue weighted by Crippen LogP contribution is -2.30. The lowest BCUT2D eigenvalue weighted by Gasteiger charge is -2.13. The van der Waals surface area contributed by atoms with Crippen LogP contribution in [0.15, 0.2) is 29.3 Å². The highest BCUT2D eigenvalue weighted by Crippen LogP contribution is 2.32. The number of thiocarbonyl (C=S) groups is 1. The van der Waals surface area contributed by atoms with Crippen LogP contribution in [0.3, 0.4) is 0 Å². The number of ether oxygens (including phenoxy) is 1. The SMILES string of the molecule is CCOC(=O)CCN1C(=O)/C(=C/c2ccccn2)SC1=S. The summed E-state index contributed by atoms with van der Waals surface area (Å²) in [7, 11) is 0. The van der Waals surface area contributed by atoms with Gasteiger partial charge in [0.15, 0.2) is 0 Å². The van der Waals surface area contributed by atoms with Crippen LogP contribution < -0.4 is 0 Å². The topological polar surface area (TPSA) is 59.5 Å². The maximum absolute atomic E-state index is 12.3. The molecule has 1 amide bonds. The summed E-state index contributed by atoms with van der Waals surface area (Å²) >= 11 is 6.40. The number of pyridine rings is 1. The third-order valence-corrected chi connectivity index (χ3v) is 4.06. The second-order valence-electron chi connectivity index (χ2n) is 4.14. The molecule has 0 aliphatic carbocycles. The van der Waals surface area contributed by atoms with Crippen LogP contribution in [-0.4, -0.2) is 39.2 Å². The molecule has 0 N–H and O–H groups in total. The molecule has 0 aromatic carbocycles. The Labute approximate surface area is 132 Å². The number of amides is 1. The van der Waals surface area contributed by atoms with Crippen molar-refractivity contribution in [3.8, 4) is 0 Å². The van der Waals surface area contributed by atoms with Crippen molar-refractivity contribution < 1.29 is 14.3 Å². The molecular formula is C14H14N2O3S2. The number of esters is 1. The highest BCUT2D eigenvalue weighted by Gasteiger charge is 2.32. The maximum atomic E-state index is 12.3. The number of carbonyl (C=O) groups excluding carboxylic acids is 2. The van der Waals surface area contributed by atoms with E-state index in [1.807, 2.05) is 18.2 Å². The molecule has 110 valence electrons. The molecule has 0 radical (unpaired) electrons. The van der Waals surface area contributed by atoms with E-state index in [0.29, 0.717) is 21.5 Å². The summed E-state index contributed by atoms with van der Waals surface area (Å²) in [6.07, 6.45) is 3.49. The first kappa shape index (κ1) is 15.7. The normalized spacial score (nSPS) is 16.6. The van der Waals surface area contributed by atoms with Crippen molar-refractivity contribution in [2.45, 2.75) is 13.3 Å². The zero-order chi connectivity index (χ0) is 15.2. The van der Waals surface area contributed by atoms with Crippen molar-refractivity contribution in [3.63, 3.8) is 0 Å². The van der Waals surface area contributed by atoms with Gasteiger partial charge in [-0.2, -0.15) is 0 Å². The Kier molecular flexibility index (Phi) is 5.46. The first-order valence-corrected chi connectivity index (χ1v) is 7.66. The molecule has 0 spiro atoms. The van der Waals surface area contributed by atoms with Gasteiger partial charge in [-0.05, 0) is 25.1 Å². The molecular weight excluding hydrogens is 308 g/mol. The Bertz CT molecular complexity index is 587. The number of thioether (sulfide) groups is 1. The predicted molar refractivity (Wildman–Crippen MR) is 85.4 cm³/mol. The summed E-state index contributed by atoms with van der Waals surface area (Å²) in [6.45, 7) is 2.31. The molecule has 21 heavy (non-hydrogen) atoms. The molecule has 1 aromatic rings. The Morgan fingerprint density at radius 2 is 2.33 bits per heavy atom. The van der Waals surface area contributed by atoms with Crippen LogP contribution >= 0.6 is 24.0 Å². The van der Waals surface area contributed by atoms with Crippen molar-refractivity contribution >= 4 is 46.3 Å². The first-order chi connectivity index (χ1) is 10.1. The van der Waals surface area contributed by atoms with Crippen molar-refractivity contribution in [2.75, 3.05) is 13.2 Å². The van der Waals surface area contributed by atoms with E-state index in [9.17, 15) is 9.59 Å².